The van der Waals surface area contributed by atoms with Crippen molar-refractivity contribution in [1.82, 2.24) is 0 Å². The molecule has 16 heavy (non-hydrogen) atoms. The van der Waals surface area contributed by atoms with Gasteiger partial charge in [0, 0.05) is 5.41 Å². The van der Waals surface area contributed by atoms with E-state index < -0.39 is 22.6 Å². The predicted molar refractivity (Wildman–Crippen MR) is 62.7 cm³/mol. The quantitative estimate of drug-likeness (QED) is 0.787. The van der Waals surface area contributed by atoms with Gasteiger partial charge in [-0.05, 0) is 13.8 Å². The molecule has 0 saturated carbocycles. The summed E-state index contributed by atoms with van der Waals surface area (Å²) in [5, 5.41) is 8.80. The van der Waals surface area contributed by atoms with Gasteiger partial charge in [0.25, 0.3) is 0 Å². The Bertz CT molecular complexity index is 300. The second-order valence-corrected chi connectivity index (χ2v) is 5.20. The van der Waals surface area contributed by atoms with Crippen LogP contribution in [0.4, 0.5) is 0 Å². The number of carboxylic acids is 1. The molecule has 0 amide bonds. The van der Waals surface area contributed by atoms with Crippen LogP contribution in [-0.2, 0) is 14.4 Å². The summed E-state index contributed by atoms with van der Waals surface area (Å²) in [4.78, 5) is 33.9. The van der Waals surface area contributed by atoms with E-state index in [-0.39, 0.29) is 70.4 Å². The summed E-state index contributed by atoms with van der Waals surface area (Å²) in [5.74, 6) is -1.98. The van der Waals surface area contributed by atoms with Crippen molar-refractivity contribution >= 4 is 75.7 Å². The van der Waals surface area contributed by atoms with Gasteiger partial charge in [0.2, 0.25) is 0 Å². The summed E-state index contributed by atoms with van der Waals surface area (Å²) in [6.07, 6.45) is -0.317. The number of carbonyl (C=O) groups is 3. The van der Waals surface area contributed by atoms with Crippen LogP contribution in [0.3, 0.4) is 0 Å². The van der Waals surface area contributed by atoms with Crippen molar-refractivity contribution in [2.24, 2.45) is 10.8 Å². The number of ketones is 2. The van der Waals surface area contributed by atoms with E-state index in [1.54, 1.807) is 20.8 Å². The van der Waals surface area contributed by atoms with Crippen LogP contribution in [0.25, 0.3) is 0 Å². The Kier molecular flexibility index (Phi) is 7.73. The molecule has 0 atom stereocenters. The van der Waals surface area contributed by atoms with Gasteiger partial charge >= 0.3 is 64.2 Å². The molecule has 0 saturated heterocycles. The second-order valence-electron chi connectivity index (χ2n) is 5.20. The SMILES string of the molecule is CC(C)(C)C(=O)CC(=O)C(C)(C)C(=O)O.[RbH]. The fourth-order valence-corrected chi connectivity index (χ4v) is 0.751. The fourth-order valence-electron chi connectivity index (χ4n) is 0.751. The summed E-state index contributed by atoms with van der Waals surface area (Å²) in [5.41, 5.74) is -2.09. The summed E-state index contributed by atoms with van der Waals surface area (Å²) >= 11 is 0. The summed E-state index contributed by atoms with van der Waals surface area (Å²) in [7, 11) is 0. The molecule has 5 heteroatoms. The molecule has 88 valence electrons. The Morgan fingerprint density at radius 2 is 1.31 bits per heavy atom. The molecule has 0 unspecified atom stereocenters. The number of hydrogen-bond acceptors (Lipinski definition) is 3. The normalized spacial score (nSPS) is 11.6. The first-order valence-corrected chi connectivity index (χ1v) is 4.79. The molecule has 0 bridgehead atoms. The molecule has 1 N–H and O–H groups in total. The van der Waals surface area contributed by atoms with E-state index in [9.17, 15) is 14.4 Å². The Labute approximate surface area is 145 Å². The van der Waals surface area contributed by atoms with Crippen LogP contribution in [0.1, 0.15) is 41.0 Å². The Balaban J connectivity index is 0. The minimum atomic E-state index is -1.49. The molecule has 4 nitrogen and oxygen atoms in total. The molecule has 0 aliphatic carbocycles. The van der Waals surface area contributed by atoms with Crippen LogP contribution in [0.15, 0.2) is 0 Å². The van der Waals surface area contributed by atoms with Crippen LogP contribution in [-0.4, -0.2) is 80.8 Å². The first kappa shape index (κ1) is 19.0. The molecule has 0 aliphatic heterocycles. The number of aliphatic carboxylic acids is 1. The number of rotatable bonds is 4. The fraction of sp³-hybridized carbons (Fsp3) is 0.727. The van der Waals surface area contributed by atoms with Crippen LogP contribution < -0.4 is 0 Å². The maximum absolute atomic E-state index is 11.6. The van der Waals surface area contributed by atoms with E-state index in [2.05, 4.69) is 0 Å². The van der Waals surface area contributed by atoms with E-state index >= 15 is 0 Å². The first-order valence-electron chi connectivity index (χ1n) is 4.79. The summed E-state index contributed by atoms with van der Waals surface area (Å²) < 4.78 is 0. The summed E-state index contributed by atoms with van der Waals surface area (Å²) in [6.45, 7) is 7.74. The van der Waals surface area contributed by atoms with Crippen LogP contribution in [0.5, 0.6) is 0 Å². The van der Waals surface area contributed by atoms with E-state index in [0.29, 0.717) is 0 Å². The van der Waals surface area contributed by atoms with Crippen LogP contribution in [0, 0.1) is 10.8 Å². The van der Waals surface area contributed by atoms with Crippen molar-refractivity contribution < 1.29 is 19.5 Å². The molecule has 0 fully saturated rings. The van der Waals surface area contributed by atoms with Gasteiger partial charge in [-0.25, -0.2) is 0 Å². The summed E-state index contributed by atoms with van der Waals surface area (Å²) in [6, 6.07) is 0. The van der Waals surface area contributed by atoms with Gasteiger partial charge in [0.15, 0.2) is 5.78 Å². The zero-order chi connectivity index (χ0) is 12.4. The number of carbonyl (C=O) groups excluding carboxylic acids is 2. The van der Waals surface area contributed by atoms with Gasteiger partial charge in [-0.1, -0.05) is 20.8 Å². The van der Waals surface area contributed by atoms with Gasteiger partial charge in [0.05, 0.1) is 6.42 Å². The van der Waals surface area contributed by atoms with E-state index in [1.807, 2.05) is 0 Å². The van der Waals surface area contributed by atoms with Crippen molar-refractivity contribution in [3.63, 3.8) is 0 Å². The van der Waals surface area contributed by atoms with Crippen LogP contribution >= 0.6 is 0 Å². The Morgan fingerprint density at radius 1 is 0.938 bits per heavy atom. The third-order valence-corrected chi connectivity index (χ3v) is 2.39. The number of carboxylic acid groups (broad SMARTS) is 1. The average molecular weight is 301 g/mol. The average Bonchev–Trinajstić information content (AvgIpc) is 2.01. The topological polar surface area (TPSA) is 71.4 Å². The molecule has 0 aliphatic rings. The molecule has 0 spiro atoms. The van der Waals surface area contributed by atoms with Gasteiger partial charge < -0.3 is 5.11 Å². The van der Waals surface area contributed by atoms with Crippen molar-refractivity contribution in [2.75, 3.05) is 0 Å². The van der Waals surface area contributed by atoms with E-state index in [0.717, 1.165) is 0 Å². The van der Waals surface area contributed by atoms with Crippen molar-refractivity contribution in [3.05, 3.63) is 0 Å². The van der Waals surface area contributed by atoms with Gasteiger partial charge in [-0.3, -0.25) is 14.4 Å². The molecule has 0 radical (unpaired) electrons. The minimum absolute atomic E-state index is 0. The third-order valence-electron chi connectivity index (χ3n) is 2.39. The van der Waals surface area contributed by atoms with E-state index in [1.165, 1.54) is 13.8 Å². The molecule has 0 heterocycles. The van der Waals surface area contributed by atoms with E-state index in [4.69, 9.17) is 5.11 Å². The zero-order valence-corrected chi connectivity index (χ0v) is 9.88. The molecular formula is C11H19O4Rb. The zero-order valence-electron chi connectivity index (χ0n) is 9.88. The molecular weight excluding hydrogens is 282 g/mol. The molecule has 0 aromatic heterocycles. The molecule has 0 rings (SSSR count). The Morgan fingerprint density at radius 3 is 1.56 bits per heavy atom. The maximum atomic E-state index is 11.6. The molecule has 0 aromatic rings. The second kappa shape index (κ2) is 6.52. The number of Topliss-reactive ketones (excluding diaryl/α,β-unsaturated/α-hetero) is 2. The molecule has 0 aromatic carbocycles. The Hall–Kier alpha value is 0.615. The van der Waals surface area contributed by atoms with Crippen molar-refractivity contribution in [1.29, 1.82) is 0 Å². The number of hydrogen-bond donors (Lipinski definition) is 1. The van der Waals surface area contributed by atoms with Gasteiger partial charge in [-0.2, -0.15) is 0 Å². The first-order chi connectivity index (χ1) is 6.49. The predicted octanol–water partition coefficient (Wildman–Crippen LogP) is 1.02. The monoisotopic (exact) mass is 300 g/mol. The standard InChI is InChI=1S/C11H18O4.Rb.H/c1-10(2,3)7(12)6-8(13)11(4,5)9(14)15;;/h6H2,1-5H3,(H,14,15);;. The van der Waals surface area contributed by atoms with Gasteiger partial charge in [0.1, 0.15) is 11.2 Å². The van der Waals surface area contributed by atoms with Crippen molar-refractivity contribution in [2.45, 2.75) is 41.0 Å². The van der Waals surface area contributed by atoms with Crippen LogP contribution in [0.2, 0.25) is 0 Å². The third kappa shape index (κ3) is 5.30. The van der Waals surface area contributed by atoms with Gasteiger partial charge in [-0.15, -0.1) is 0 Å². The van der Waals surface area contributed by atoms with Crippen molar-refractivity contribution in [3.8, 4) is 0 Å².